The Morgan fingerprint density at radius 2 is 2.09 bits per heavy atom. The van der Waals surface area contributed by atoms with E-state index >= 15 is 0 Å². The van der Waals surface area contributed by atoms with Gasteiger partial charge in [-0.05, 0) is 50.8 Å². The summed E-state index contributed by atoms with van der Waals surface area (Å²) in [5.41, 5.74) is 1.06. The van der Waals surface area contributed by atoms with E-state index in [0.717, 1.165) is 22.1 Å². The third kappa shape index (κ3) is 5.96. The highest BCUT2D eigenvalue weighted by molar-refractivity contribution is 7.81. The number of nitriles is 1. The highest BCUT2D eigenvalue weighted by Crippen LogP contribution is 2.25. The number of nitrogens with one attached hydrogen (secondary N) is 2. The number of hydrogen-bond donors (Lipinski definition) is 3. The van der Waals surface area contributed by atoms with Crippen molar-refractivity contribution in [2.75, 3.05) is 10.6 Å². The van der Waals surface area contributed by atoms with Gasteiger partial charge in [-0.1, -0.05) is 17.4 Å². The first kappa shape index (κ1) is 23.5. The molecule has 0 radical (unpaired) electrons. The number of rotatable bonds is 8. The Hall–Kier alpha value is -3.16. The van der Waals surface area contributed by atoms with Crippen LogP contribution in [0.3, 0.4) is 0 Å². The number of esters is 1. The summed E-state index contributed by atoms with van der Waals surface area (Å²) in [6, 6.07) is 9.37. The summed E-state index contributed by atoms with van der Waals surface area (Å²) in [7, 11) is 0. The fraction of sp³-hybridized carbons (Fsp3) is 0.318. The second kappa shape index (κ2) is 10.4. The molecule has 0 bridgehead atoms. The highest BCUT2D eigenvalue weighted by Gasteiger charge is 2.19. The number of carbonyl (C=O) groups is 2. The maximum absolute atomic E-state index is 12.4. The van der Waals surface area contributed by atoms with Gasteiger partial charge in [-0.25, -0.2) is 14.8 Å². The fourth-order valence-corrected chi connectivity index (χ4v) is 4.06. The minimum atomic E-state index is -0.447. The Morgan fingerprint density at radius 1 is 1.31 bits per heavy atom. The largest absolute Gasteiger partial charge is 0.459 e. The zero-order valence-electron chi connectivity index (χ0n) is 17.9. The smallest absolute Gasteiger partial charge is 0.350 e. The number of carbonyl (C=O) groups excluding carboxylic acids is 2. The van der Waals surface area contributed by atoms with Crippen LogP contribution in [0.15, 0.2) is 30.5 Å². The molecular weight excluding hydrogens is 446 g/mol. The maximum Gasteiger partial charge on any atom is 0.350 e. The Bertz CT molecular complexity index is 1190. The van der Waals surface area contributed by atoms with Crippen LogP contribution in [0.2, 0.25) is 0 Å². The number of fused-ring (bicyclic) bond motifs is 1. The molecule has 3 rings (SSSR count). The fourth-order valence-electron chi connectivity index (χ4n) is 2.94. The quantitative estimate of drug-likeness (QED) is 0.252. The van der Waals surface area contributed by atoms with Gasteiger partial charge in [-0.3, -0.25) is 4.79 Å². The molecule has 0 aliphatic rings. The number of amides is 1. The monoisotopic (exact) mass is 469 g/mol. The molecule has 0 aliphatic heterocycles. The Labute approximate surface area is 195 Å². The summed E-state index contributed by atoms with van der Waals surface area (Å²) >= 11 is 5.62. The van der Waals surface area contributed by atoms with Crippen LogP contribution in [0.1, 0.15) is 47.6 Å². The van der Waals surface area contributed by atoms with Crippen molar-refractivity contribution in [3.8, 4) is 6.07 Å². The van der Waals surface area contributed by atoms with Crippen LogP contribution < -0.4 is 10.6 Å². The van der Waals surface area contributed by atoms with Gasteiger partial charge in [0, 0.05) is 18.0 Å². The predicted octanol–water partition coefficient (Wildman–Crippen LogP) is 4.52. The normalized spacial score (nSPS) is 11.8. The van der Waals surface area contributed by atoms with Crippen LogP contribution >= 0.6 is 24.0 Å². The highest BCUT2D eigenvalue weighted by atomic mass is 32.1. The van der Waals surface area contributed by atoms with E-state index in [0.29, 0.717) is 33.5 Å². The lowest BCUT2D eigenvalue weighted by Gasteiger charge is -2.15. The predicted molar refractivity (Wildman–Crippen MR) is 128 cm³/mol. The van der Waals surface area contributed by atoms with Gasteiger partial charge >= 0.3 is 5.97 Å². The molecule has 1 amide bonds. The van der Waals surface area contributed by atoms with E-state index in [1.165, 1.54) is 0 Å². The van der Waals surface area contributed by atoms with Crippen molar-refractivity contribution in [1.29, 1.82) is 5.26 Å². The molecule has 0 spiro atoms. The van der Waals surface area contributed by atoms with Crippen LogP contribution in [0, 0.1) is 18.3 Å². The average Bonchev–Trinajstić information content (AvgIpc) is 3.11. The molecule has 1 unspecified atom stereocenters. The molecule has 3 aromatic rings. The van der Waals surface area contributed by atoms with E-state index in [4.69, 9.17) is 10.00 Å². The maximum atomic E-state index is 12.4. The van der Waals surface area contributed by atoms with Crippen molar-refractivity contribution in [1.82, 2.24) is 9.97 Å². The summed E-state index contributed by atoms with van der Waals surface area (Å²) in [6.45, 7) is 5.25. The van der Waals surface area contributed by atoms with Crippen molar-refractivity contribution in [2.45, 2.75) is 45.1 Å². The Morgan fingerprint density at radius 3 is 2.81 bits per heavy atom. The number of aromatic nitrogens is 2. The molecule has 2 N–H and O–H groups in total. The number of thiazole rings is 1. The van der Waals surface area contributed by atoms with E-state index in [9.17, 15) is 9.59 Å². The van der Waals surface area contributed by atoms with Crippen LogP contribution in [-0.2, 0) is 9.53 Å². The SMILES string of the molecule is Cc1nc(NC(=O)CCC(S)Nc2nccc3ccc(C#N)cc23)sc1C(=O)OC(C)C. The number of aryl methyl sites for hydroxylation is 1. The number of nitrogens with zero attached hydrogens (tertiary/aromatic N) is 3. The molecular formula is C22H23N5O3S2. The summed E-state index contributed by atoms with van der Waals surface area (Å²) < 4.78 is 5.19. The number of hydrogen-bond acceptors (Lipinski definition) is 9. The number of thiol groups is 1. The molecule has 10 heteroatoms. The van der Waals surface area contributed by atoms with Crippen molar-refractivity contribution in [3.63, 3.8) is 0 Å². The summed E-state index contributed by atoms with van der Waals surface area (Å²) in [6.07, 6.45) is 2.07. The third-order valence-corrected chi connectivity index (χ3v) is 5.85. The molecule has 0 aliphatic carbocycles. The van der Waals surface area contributed by atoms with Crippen LogP contribution in [0.4, 0.5) is 10.9 Å². The minimum absolute atomic E-state index is 0.194. The lowest BCUT2D eigenvalue weighted by atomic mass is 10.1. The third-order valence-electron chi connectivity index (χ3n) is 4.41. The molecule has 8 nitrogen and oxygen atoms in total. The van der Waals surface area contributed by atoms with Gasteiger partial charge in [0.2, 0.25) is 5.91 Å². The first-order valence-corrected chi connectivity index (χ1v) is 11.3. The Kier molecular flexibility index (Phi) is 7.66. The van der Waals surface area contributed by atoms with E-state index in [1.807, 2.05) is 12.1 Å². The number of anilines is 2. The number of ether oxygens (including phenoxy) is 1. The van der Waals surface area contributed by atoms with Gasteiger partial charge < -0.3 is 15.4 Å². The van der Waals surface area contributed by atoms with Crippen molar-refractivity contribution >= 4 is 57.6 Å². The van der Waals surface area contributed by atoms with E-state index in [-0.39, 0.29) is 23.8 Å². The lowest BCUT2D eigenvalue weighted by Crippen LogP contribution is -2.18. The molecule has 32 heavy (non-hydrogen) atoms. The van der Waals surface area contributed by atoms with Crippen molar-refractivity contribution < 1.29 is 14.3 Å². The minimum Gasteiger partial charge on any atom is -0.459 e. The molecule has 166 valence electrons. The number of benzene rings is 1. The van der Waals surface area contributed by atoms with E-state index in [1.54, 1.807) is 39.1 Å². The van der Waals surface area contributed by atoms with Crippen LogP contribution in [-0.4, -0.2) is 33.3 Å². The van der Waals surface area contributed by atoms with Gasteiger partial charge in [-0.15, -0.1) is 0 Å². The molecule has 2 aromatic heterocycles. The van der Waals surface area contributed by atoms with E-state index in [2.05, 4.69) is 39.3 Å². The van der Waals surface area contributed by atoms with Gasteiger partial charge in [-0.2, -0.15) is 17.9 Å². The van der Waals surface area contributed by atoms with Crippen LogP contribution in [0.5, 0.6) is 0 Å². The van der Waals surface area contributed by atoms with Crippen molar-refractivity contribution in [2.24, 2.45) is 0 Å². The van der Waals surface area contributed by atoms with E-state index < -0.39 is 5.97 Å². The molecule has 2 heterocycles. The average molecular weight is 470 g/mol. The van der Waals surface area contributed by atoms with Gasteiger partial charge in [0.15, 0.2) is 5.13 Å². The summed E-state index contributed by atoms with van der Waals surface area (Å²) in [5, 5.41) is 16.8. The topological polar surface area (TPSA) is 117 Å². The first-order chi connectivity index (χ1) is 15.3. The van der Waals surface area contributed by atoms with Gasteiger partial charge in [0.25, 0.3) is 0 Å². The standard InChI is InChI=1S/C22H23N5O3S2/c1-12(2)30-21(29)19-13(3)25-22(32-19)26-17(28)6-7-18(31)27-20-16-10-14(11-23)4-5-15(16)8-9-24-20/h4-5,8-10,12,18,31H,6-7H2,1-3H3,(H,24,27)(H,25,26,28). The summed E-state index contributed by atoms with van der Waals surface area (Å²) in [5.74, 6) is -0.0813. The molecule has 0 saturated carbocycles. The van der Waals surface area contributed by atoms with Gasteiger partial charge in [0.1, 0.15) is 10.7 Å². The molecule has 0 fully saturated rings. The zero-order valence-corrected chi connectivity index (χ0v) is 19.6. The second-order valence-electron chi connectivity index (χ2n) is 7.34. The van der Waals surface area contributed by atoms with Gasteiger partial charge in [0.05, 0.1) is 28.8 Å². The van der Waals surface area contributed by atoms with Crippen LogP contribution in [0.25, 0.3) is 10.8 Å². The first-order valence-electron chi connectivity index (χ1n) is 9.98. The lowest BCUT2D eigenvalue weighted by molar-refractivity contribution is -0.116. The Balaban J connectivity index is 1.57. The number of pyridine rings is 1. The molecule has 0 saturated heterocycles. The summed E-state index contributed by atoms with van der Waals surface area (Å²) in [4.78, 5) is 33.4. The second-order valence-corrected chi connectivity index (χ2v) is 8.96. The molecule has 1 aromatic carbocycles. The zero-order chi connectivity index (χ0) is 23.3. The molecule has 1 atom stereocenters. The van der Waals surface area contributed by atoms with Crippen molar-refractivity contribution in [3.05, 3.63) is 46.6 Å².